The Bertz CT molecular complexity index is 616. The first-order valence-corrected chi connectivity index (χ1v) is 8.27. The molecule has 4 N–H and O–H groups in total. The van der Waals surface area contributed by atoms with Gasteiger partial charge in [0, 0.05) is 11.6 Å². The van der Waals surface area contributed by atoms with E-state index in [0.29, 0.717) is 0 Å². The quantitative estimate of drug-likeness (QED) is 0.792. The first-order chi connectivity index (χ1) is 10.8. The highest BCUT2D eigenvalue weighted by Gasteiger charge is 2.57. The summed E-state index contributed by atoms with van der Waals surface area (Å²) in [5.41, 5.74) is 6.59. The minimum absolute atomic E-state index is 0.119. The Hall–Kier alpha value is -1.88. The summed E-state index contributed by atoms with van der Waals surface area (Å²) in [6.07, 6.45) is 3.20. The van der Waals surface area contributed by atoms with E-state index in [1.54, 1.807) is 13.8 Å². The fourth-order valence-electron chi connectivity index (χ4n) is 3.54. The predicted molar refractivity (Wildman–Crippen MR) is 89.9 cm³/mol. The molecule has 1 aromatic rings. The van der Waals surface area contributed by atoms with E-state index in [1.165, 1.54) is 0 Å². The van der Waals surface area contributed by atoms with Crippen molar-refractivity contribution < 1.29 is 9.59 Å². The molecule has 1 spiro atoms. The number of piperidine rings is 1. The minimum Gasteiger partial charge on any atom is -0.369 e. The summed E-state index contributed by atoms with van der Waals surface area (Å²) in [7, 11) is 0. The molecule has 1 heterocycles. The van der Waals surface area contributed by atoms with Crippen LogP contribution in [0.2, 0.25) is 0 Å². The van der Waals surface area contributed by atoms with Crippen LogP contribution in [0.5, 0.6) is 0 Å². The summed E-state index contributed by atoms with van der Waals surface area (Å²) in [5, 5.41) is 6.36. The van der Waals surface area contributed by atoms with E-state index in [2.05, 4.69) is 10.6 Å². The average molecular weight is 315 g/mol. The van der Waals surface area contributed by atoms with Crippen molar-refractivity contribution in [3.63, 3.8) is 0 Å². The van der Waals surface area contributed by atoms with Crippen molar-refractivity contribution in [2.45, 2.75) is 38.5 Å². The van der Waals surface area contributed by atoms with Crippen LogP contribution in [-0.2, 0) is 15.0 Å². The van der Waals surface area contributed by atoms with Gasteiger partial charge in [-0.3, -0.25) is 9.59 Å². The molecule has 0 aromatic heterocycles. The van der Waals surface area contributed by atoms with Crippen LogP contribution in [0.25, 0.3) is 0 Å². The molecule has 1 saturated heterocycles. The fourth-order valence-corrected chi connectivity index (χ4v) is 3.54. The molecule has 2 fully saturated rings. The van der Waals surface area contributed by atoms with Gasteiger partial charge in [-0.25, -0.2) is 0 Å². The lowest BCUT2D eigenvalue weighted by molar-refractivity contribution is -0.122. The summed E-state index contributed by atoms with van der Waals surface area (Å²) >= 11 is 0. The number of anilines is 1. The van der Waals surface area contributed by atoms with Crippen LogP contribution in [0.15, 0.2) is 24.3 Å². The van der Waals surface area contributed by atoms with Crippen molar-refractivity contribution in [2.24, 2.45) is 17.1 Å². The molecule has 2 aliphatic rings. The van der Waals surface area contributed by atoms with Crippen molar-refractivity contribution in [2.75, 3.05) is 18.4 Å². The van der Waals surface area contributed by atoms with E-state index in [0.717, 1.165) is 43.6 Å². The van der Waals surface area contributed by atoms with Crippen molar-refractivity contribution in [1.82, 2.24) is 5.32 Å². The maximum Gasteiger partial charge on any atom is 0.228 e. The van der Waals surface area contributed by atoms with Crippen molar-refractivity contribution in [3.8, 4) is 0 Å². The van der Waals surface area contributed by atoms with Gasteiger partial charge < -0.3 is 16.4 Å². The molecule has 1 aliphatic carbocycles. The molecule has 0 radical (unpaired) electrons. The van der Waals surface area contributed by atoms with Crippen molar-refractivity contribution >= 4 is 17.5 Å². The molecule has 124 valence electrons. The summed E-state index contributed by atoms with van der Waals surface area (Å²) in [6, 6.07) is 7.39. The maximum absolute atomic E-state index is 12.4. The SMILES string of the molecule is CC(C)(C(N)=O)c1ccc(NC(=O)C2CC23CCNCC3)cc1. The molecule has 1 unspecified atom stereocenters. The van der Waals surface area contributed by atoms with Crippen LogP contribution in [0.4, 0.5) is 5.69 Å². The van der Waals surface area contributed by atoms with E-state index in [9.17, 15) is 9.59 Å². The number of hydrogen-bond donors (Lipinski definition) is 3. The topological polar surface area (TPSA) is 84.2 Å². The molecule has 2 amide bonds. The summed E-state index contributed by atoms with van der Waals surface area (Å²) in [6.45, 7) is 5.63. The lowest BCUT2D eigenvalue weighted by Crippen LogP contribution is -2.35. The smallest absolute Gasteiger partial charge is 0.228 e. The zero-order chi connectivity index (χ0) is 16.7. The summed E-state index contributed by atoms with van der Waals surface area (Å²) in [4.78, 5) is 23.9. The fraction of sp³-hybridized carbons (Fsp3) is 0.556. The van der Waals surface area contributed by atoms with Crippen LogP contribution in [0.1, 0.15) is 38.7 Å². The molecule has 1 aromatic carbocycles. The Morgan fingerprint density at radius 1 is 1.22 bits per heavy atom. The number of rotatable bonds is 4. The van der Waals surface area contributed by atoms with Crippen LogP contribution in [0.3, 0.4) is 0 Å². The molecule has 5 heteroatoms. The molecular weight excluding hydrogens is 290 g/mol. The van der Waals surface area contributed by atoms with Crippen LogP contribution >= 0.6 is 0 Å². The number of nitrogens with one attached hydrogen (secondary N) is 2. The van der Waals surface area contributed by atoms with Gasteiger partial charge in [0.2, 0.25) is 11.8 Å². The highest BCUT2D eigenvalue weighted by Crippen LogP contribution is 2.58. The van der Waals surface area contributed by atoms with Gasteiger partial charge in [-0.15, -0.1) is 0 Å². The molecule has 0 bridgehead atoms. The number of amides is 2. The van der Waals surface area contributed by atoms with Gasteiger partial charge >= 0.3 is 0 Å². The Kier molecular flexibility index (Phi) is 3.92. The van der Waals surface area contributed by atoms with Gasteiger partial charge in [-0.05, 0) is 69.3 Å². The number of carbonyl (C=O) groups excluding carboxylic acids is 2. The Morgan fingerprint density at radius 3 is 2.39 bits per heavy atom. The molecule has 23 heavy (non-hydrogen) atoms. The molecule has 3 rings (SSSR count). The van der Waals surface area contributed by atoms with E-state index in [-0.39, 0.29) is 23.1 Å². The van der Waals surface area contributed by atoms with E-state index in [4.69, 9.17) is 5.73 Å². The number of primary amides is 1. The van der Waals surface area contributed by atoms with Crippen molar-refractivity contribution in [3.05, 3.63) is 29.8 Å². The molecule has 1 atom stereocenters. The van der Waals surface area contributed by atoms with Gasteiger partial charge in [0.05, 0.1) is 5.41 Å². The third-order valence-corrected chi connectivity index (χ3v) is 5.60. The number of nitrogens with two attached hydrogens (primary N) is 1. The minimum atomic E-state index is -0.710. The number of hydrogen-bond acceptors (Lipinski definition) is 3. The predicted octanol–water partition coefficient (Wildman–Crippen LogP) is 1.78. The largest absolute Gasteiger partial charge is 0.369 e. The highest BCUT2D eigenvalue weighted by molar-refractivity contribution is 5.95. The van der Waals surface area contributed by atoms with Gasteiger partial charge in [-0.1, -0.05) is 12.1 Å². The Morgan fingerprint density at radius 2 is 1.83 bits per heavy atom. The first kappa shape index (κ1) is 16.0. The van der Waals surface area contributed by atoms with Gasteiger partial charge in [0.25, 0.3) is 0 Å². The van der Waals surface area contributed by atoms with Crippen LogP contribution in [-0.4, -0.2) is 24.9 Å². The second-order valence-corrected chi connectivity index (χ2v) is 7.42. The average Bonchev–Trinajstić information content (AvgIpc) is 3.21. The Balaban J connectivity index is 1.63. The zero-order valence-electron chi connectivity index (χ0n) is 13.8. The lowest BCUT2D eigenvalue weighted by Gasteiger charge is -2.23. The van der Waals surface area contributed by atoms with Gasteiger partial charge in [0.15, 0.2) is 0 Å². The highest BCUT2D eigenvalue weighted by atomic mass is 16.2. The monoisotopic (exact) mass is 315 g/mol. The molecule has 1 saturated carbocycles. The van der Waals surface area contributed by atoms with Gasteiger partial charge in [0.1, 0.15) is 0 Å². The lowest BCUT2D eigenvalue weighted by atomic mass is 9.84. The zero-order valence-corrected chi connectivity index (χ0v) is 13.8. The molecule has 1 aliphatic heterocycles. The van der Waals surface area contributed by atoms with E-state index >= 15 is 0 Å². The second-order valence-electron chi connectivity index (χ2n) is 7.42. The standard InChI is InChI=1S/C18H25N3O2/c1-17(2,16(19)23)12-3-5-13(6-4-12)21-15(22)14-11-18(14)7-9-20-10-8-18/h3-6,14,20H,7-11H2,1-2H3,(H2,19,23)(H,21,22). The maximum atomic E-state index is 12.4. The third kappa shape index (κ3) is 2.98. The van der Waals surface area contributed by atoms with Crippen molar-refractivity contribution in [1.29, 1.82) is 0 Å². The Labute approximate surface area is 137 Å². The summed E-state index contributed by atoms with van der Waals surface area (Å²) < 4.78 is 0. The molecular formula is C18H25N3O2. The van der Waals surface area contributed by atoms with Crippen LogP contribution < -0.4 is 16.4 Å². The van der Waals surface area contributed by atoms with Gasteiger partial charge in [-0.2, -0.15) is 0 Å². The number of carbonyl (C=O) groups is 2. The van der Waals surface area contributed by atoms with E-state index in [1.807, 2.05) is 24.3 Å². The summed E-state index contributed by atoms with van der Waals surface area (Å²) in [5.74, 6) is -0.0970. The molecule has 5 nitrogen and oxygen atoms in total. The normalized spacial score (nSPS) is 22.6. The first-order valence-electron chi connectivity index (χ1n) is 8.27. The number of benzene rings is 1. The van der Waals surface area contributed by atoms with E-state index < -0.39 is 5.41 Å². The van der Waals surface area contributed by atoms with Crippen LogP contribution in [0, 0.1) is 11.3 Å². The third-order valence-electron chi connectivity index (χ3n) is 5.60. The second kappa shape index (κ2) is 5.64.